The van der Waals surface area contributed by atoms with E-state index >= 15 is 0 Å². The van der Waals surface area contributed by atoms with Gasteiger partial charge in [0.25, 0.3) is 11.6 Å². The van der Waals surface area contributed by atoms with Crippen LogP contribution in [0.3, 0.4) is 0 Å². The summed E-state index contributed by atoms with van der Waals surface area (Å²) in [5.74, 6) is -0.563. The van der Waals surface area contributed by atoms with Crippen LogP contribution in [0.1, 0.15) is 15.9 Å². The predicted octanol–water partition coefficient (Wildman–Crippen LogP) is 2.77. The van der Waals surface area contributed by atoms with E-state index in [2.05, 4.69) is 10.3 Å². The largest absolute Gasteiger partial charge is 0.316 e. The van der Waals surface area contributed by atoms with Crippen molar-refractivity contribution in [1.82, 2.24) is 4.98 Å². The van der Waals surface area contributed by atoms with Crippen LogP contribution in [0.25, 0.3) is 0 Å². The maximum Gasteiger partial charge on any atom is 0.294 e. The molecule has 21 heavy (non-hydrogen) atoms. The number of hydrogen-bond donors (Lipinski definition) is 1. The minimum atomic E-state index is -0.670. The number of hydrogen-bond acceptors (Lipinski definition) is 5. The van der Waals surface area contributed by atoms with Gasteiger partial charge in [-0.2, -0.15) is 5.26 Å². The number of halogens is 1. The minimum Gasteiger partial charge on any atom is -0.316 e. The molecule has 1 aromatic heterocycles. The molecule has 7 nitrogen and oxygen atoms in total. The normalized spacial score (nSPS) is 9.71. The van der Waals surface area contributed by atoms with E-state index in [1.807, 2.05) is 0 Å². The highest BCUT2D eigenvalue weighted by atomic mass is 35.5. The summed E-state index contributed by atoms with van der Waals surface area (Å²) < 4.78 is 0. The van der Waals surface area contributed by atoms with Crippen molar-refractivity contribution in [2.45, 2.75) is 0 Å². The maximum absolute atomic E-state index is 12.0. The van der Waals surface area contributed by atoms with Crippen LogP contribution in [0.4, 0.5) is 11.4 Å². The summed E-state index contributed by atoms with van der Waals surface area (Å²) in [5, 5.41) is 22.3. The van der Waals surface area contributed by atoms with Gasteiger partial charge in [0, 0.05) is 12.3 Å². The molecule has 1 amide bonds. The summed E-state index contributed by atoms with van der Waals surface area (Å²) in [6.07, 6.45) is 1.26. The number of carbonyl (C=O) groups excluding carboxylic acids is 1. The lowest BCUT2D eigenvalue weighted by Gasteiger charge is -2.06. The third-order valence-corrected chi connectivity index (χ3v) is 2.78. The zero-order valence-electron chi connectivity index (χ0n) is 10.4. The molecule has 104 valence electrons. The van der Waals surface area contributed by atoms with Crippen LogP contribution in [0.15, 0.2) is 36.5 Å². The summed E-state index contributed by atoms with van der Waals surface area (Å²) in [7, 11) is 0. The summed E-state index contributed by atoms with van der Waals surface area (Å²) in [5.41, 5.74) is -0.0193. The van der Waals surface area contributed by atoms with Gasteiger partial charge in [0.15, 0.2) is 0 Å². The summed E-state index contributed by atoms with van der Waals surface area (Å²) in [6, 6.07) is 8.45. The first kappa shape index (κ1) is 14.4. The highest BCUT2D eigenvalue weighted by molar-refractivity contribution is 6.29. The highest BCUT2D eigenvalue weighted by Crippen LogP contribution is 2.25. The fourth-order valence-electron chi connectivity index (χ4n) is 1.56. The van der Waals surface area contributed by atoms with E-state index in [1.54, 1.807) is 6.07 Å². The van der Waals surface area contributed by atoms with Crippen LogP contribution in [-0.4, -0.2) is 15.8 Å². The van der Waals surface area contributed by atoms with Gasteiger partial charge in [0.2, 0.25) is 0 Å². The predicted molar refractivity (Wildman–Crippen MR) is 75.0 cm³/mol. The topological polar surface area (TPSA) is 109 Å². The third kappa shape index (κ3) is 3.32. The van der Waals surface area contributed by atoms with Gasteiger partial charge in [-0.1, -0.05) is 11.6 Å². The maximum atomic E-state index is 12.0. The van der Waals surface area contributed by atoms with Crippen LogP contribution in [0, 0.1) is 21.4 Å². The molecule has 8 heteroatoms. The van der Waals surface area contributed by atoms with Crippen LogP contribution in [-0.2, 0) is 0 Å². The molecule has 0 bridgehead atoms. The second kappa shape index (κ2) is 5.98. The van der Waals surface area contributed by atoms with Crippen molar-refractivity contribution in [1.29, 1.82) is 5.26 Å². The van der Waals surface area contributed by atoms with Crippen LogP contribution < -0.4 is 5.32 Å². The number of carbonyl (C=O) groups is 1. The lowest BCUT2D eigenvalue weighted by Crippen LogP contribution is -2.13. The van der Waals surface area contributed by atoms with Crippen molar-refractivity contribution in [2.75, 3.05) is 5.32 Å². The molecule has 1 heterocycles. The molecule has 1 N–H and O–H groups in total. The van der Waals surface area contributed by atoms with Crippen molar-refractivity contribution in [2.24, 2.45) is 0 Å². The van der Waals surface area contributed by atoms with E-state index in [1.165, 1.54) is 30.5 Å². The van der Waals surface area contributed by atoms with E-state index in [0.717, 1.165) is 6.07 Å². The number of nitrogens with one attached hydrogen (secondary N) is 1. The Hall–Kier alpha value is -2.98. The van der Waals surface area contributed by atoms with Crippen LogP contribution in [0.2, 0.25) is 5.15 Å². The molecular formula is C13H7ClN4O3. The molecule has 0 aliphatic carbocycles. The number of pyridine rings is 1. The van der Waals surface area contributed by atoms with Crippen LogP contribution in [0.5, 0.6) is 0 Å². The first-order valence-electron chi connectivity index (χ1n) is 5.62. The number of nitrogens with zero attached hydrogens (tertiary/aromatic N) is 3. The Labute approximate surface area is 123 Å². The van der Waals surface area contributed by atoms with Gasteiger partial charge in [-0.25, -0.2) is 4.98 Å². The molecule has 0 atom stereocenters. The van der Waals surface area contributed by atoms with E-state index in [9.17, 15) is 14.9 Å². The van der Waals surface area contributed by atoms with Gasteiger partial charge in [0.1, 0.15) is 10.8 Å². The average molecular weight is 303 g/mol. The zero-order valence-corrected chi connectivity index (χ0v) is 11.2. The first-order chi connectivity index (χ1) is 10.0. The van der Waals surface area contributed by atoms with E-state index in [-0.39, 0.29) is 27.7 Å². The standard InChI is InChI=1S/C13H7ClN4O3/c14-12-4-2-9(7-16-12)13(19)17-10-3-1-8(6-15)5-11(10)18(20)21/h1-5,7H,(H,17,19). The highest BCUT2D eigenvalue weighted by Gasteiger charge is 2.17. The Bertz CT molecular complexity index is 753. The van der Waals surface area contributed by atoms with Crippen molar-refractivity contribution in [3.8, 4) is 6.07 Å². The van der Waals surface area contributed by atoms with Gasteiger partial charge in [-0.15, -0.1) is 0 Å². The Morgan fingerprint density at radius 1 is 1.38 bits per heavy atom. The Morgan fingerprint density at radius 2 is 2.14 bits per heavy atom. The quantitative estimate of drug-likeness (QED) is 0.532. The number of amides is 1. The number of nitro benzene ring substituents is 1. The molecule has 0 unspecified atom stereocenters. The number of nitro groups is 1. The van der Waals surface area contributed by atoms with Gasteiger partial charge < -0.3 is 5.32 Å². The third-order valence-electron chi connectivity index (χ3n) is 2.56. The number of benzene rings is 1. The first-order valence-corrected chi connectivity index (χ1v) is 6.00. The zero-order chi connectivity index (χ0) is 15.4. The fourth-order valence-corrected chi connectivity index (χ4v) is 1.67. The van der Waals surface area contributed by atoms with E-state index < -0.39 is 10.8 Å². The molecule has 0 aliphatic rings. The Kier molecular flexibility index (Phi) is 4.11. The SMILES string of the molecule is N#Cc1ccc(NC(=O)c2ccc(Cl)nc2)c([N+](=O)[O-])c1. The van der Waals surface area contributed by atoms with Crippen molar-refractivity contribution < 1.29 is 9.72 Å². The fraction of sp³-hybridized carbons (Fsp3) is 0. The van der Waals surface area contributed by atoms with E-state index in [4.69, 9.17) is 16.9 Å². The van der Waals surface area contributed by atoms with Gasteiger partial charge in [-0.3, -0.25) is 14.9 Å². The average Bonchev–Trinajstić information content (AvgIpc) is 2.48. The molecule has 0 radical (unpaired) electrons. The molecule has 0 saturated carbocycles. The van der Waals surface area contributed by atoms with Gasteiger partial charge in [0.05, 0.1) is 22.1 Å². The lowest BCUT2D eigenvalue weighted by atomic mass is 10.1. The summed E-state index contributed by atoms with van der Waals surface area (Å²) in [4.78, 5) is 26.0. The van der Waals surface area contributed by atoms with Gasteiger partial charge in [-0.05, 0) is 24.3 Å². The second-order valence-electron chi connectivity index (χ2n) is 3.92. The number of aromatic nitrogens is 1. The van der Waals surface area contributed by atoms with Gasteiger partial charge >= 0.3 is 0 Å². The lowest BCUT2D eigenvalue weighted by molar-refractivity contribution is -0.383. The summed E-state index contributed by atoms with van der Waals surface area (Å²) >= 11 is 5.61. The Morgan fingerprint density at radius 3 is 2.71 bits per heavy atom. The van der Waals surface area contributed by atoms with Crippen molar-refractivity contribution in [3.63, 3.8) is 0 Å². The Balaban J connectivity index is 2.31. The van der Waals surface area contributed by atoms with Crippen molar-refractivity contribution >= 4 is 28.9 Å². The molecular weight excluding hydrogens is 296 g/mol. The smallest absolute Gasteiger partial charge is 0.294 e. The monoisotopic (exact) mass is 302 g/mol. The molecule has 0 saturated heterocycles. The van der Waals surface area contributed by atoms with E-state index in [0.29, 0.717) is 0 Å². The number of anilines is 1. The van der Waals surface area contributed by atoms with Crippen molar-refractivity contribution in [3.05, 3.63) is 62.9 Å². The number of nitriles is 1. The molecule has 2 aromatic rings. The molecule has 2 rings (SSSR count). The second-order valence-corrected chi connectivity index (χ2v) is 4.31. The number of rotatable bonds is 3. The molecule has 1 aromatic carbocycles. The molecule has 0 spiro atoms. The summed E-state index contributed by atoms with van der Waals surface area (Å²) in [6.45, 7) is 0. The minimum absolute atomic E-state index is 0.000972. The van der Waals surface area contributed by atoms with Crippen LogP contribution >= 0.6 is 11.6 Å². The molecule has 0 aliphatic heterocycles. The molecule has 0 fully saturated rings.